The van der Waals surface area contributed by atoms with Gasteiger partial charge in [-0.15, -0.1) is 0 Å². The second-order valence-corrected chi connectivity index (χ2v) is 9.81. The van der Waals surface area contributed by atoms with E-state index in [1.165, 1.54) is 0 Å². The molecule has 8 nitrogen and oxygen atoms in total. The summed E-state index contributed by atoms with van der Waals surface area (Å²) in [6, 6.07) is 14.3. The van der Waals surface area contributed by atoms with Crippen molar-refractivity contribution in [3.63, 3.8) is 0 Å². The number of hydrogen-bond donors (Lipinski definition) is 0. The van der Waals surface area contributed by atoms with Crippen LogP contribution in [0.5, 0.6) is 34.5 Å². The van der Waals surface area contributed by atoms with Gasteiger partial charge >= 0.3 is 10.1 Å². The van der Waals surface area contributed by atoms with E-state index in [1.807, 2.05) is 24.3 Å². The van der Waals surface area contributed by atoms with Crippen molar-refractivity contribution in [1.82, 2.24) is 0 Å². The van der Waals surface area contributed by atoms with Crippen molar-refractivity contribution in [2.24, 2.45) is 0 Å². The zero-order chi connectivity index (χ0) is 25.7. The van der Waals surface area contributed by atoms with Crippen LogP contribution in [-0.2, 0) is 10.1 Å². The van der Waals surface area contributed by atoms with Gasteiger partial charge in [0.2, 0.25) is 0 Å². The second-order valence-electron chi connectivity index (χ2n) is 8.24. The zero-order valence-electron chi connectivity index (χ0n) is 20.8. The average molecular weight is 515 g/mol. The lowest BCUT2D eigenvalue weighted by Crippen LogP contribution is -2.17. The minimum Gasteiger partial charge on any atom is -0.496 e. The minimum atomic E-state index is -3.62. The van der Waals surface area contributed by atoms with Gasteiger partial charge in [0.25, 0.3) is 0 Å². The third-order valence-corrected chi connectivity index (χ3v) is 6.11. The molecule has 0 saturated carbocycles. The van der Waals surface area contributed by atoms with Gasteiger partial charge in [-0.25, -0.2) is 0 Å². The van der Waals surface area contributed by atoms with Crippen LogP contribution in [0.15, 0.2) is 48.5 Å². The number of methoxy groups -OCH3 is 2. The summed E-state index contributed by atoms with van der Waals surface area (Å²) < 4.78 is 57.3. The highest BCUT2D eigenvalue weighted by atomic mass is 32.2. The minimum absolute atomic E-state index is 0.226. The summed E-state index contributed by atoms with van der Waals surface area (Å²) in [5.41, 5.74) is 3.12. The van der Waals surface area contributed by atoms with Crippen LogP contribution in [0.1, 0.15) is 19.8 Å². The van der Waals surface area contributed by atoms with Gasteiger partial charge in [-0.3, -0.25) is 0 Å². The van der Waals surface area contributed by atoms with E-state index in [4.69, 9.17) is 27.9 Å². The van der Waals surface area contributed by atoms with Crippen LogP contribution in [-0.4, -0.2) is 48.7 Å². The molecule has 0 atom stereocenters. The van der Waals surface area contributed by atoms with Gasteiger partial charge in [0, 0.05) is 5.56 Å². The Morgan fingerprint density at radius 3 is 2.14 bits per heavy atom. The number of hydrogen-bond acceptors (Lipinski definition) is 8. The molecule has 192 valence electrons. The highest BCUT2D eigenvalue weighted by molar-refractivity contribution is 7.86. The van der Waals surface area contributed by atoms with Crippen LogP contribution in [0.3, 0.4) is 0 Å². The van der Waals surface area contributed by atoms with Crippen LogP contribution >= 0.6 is 0 Å². The number of ether oxygens (including phenoxy) is 5. The molecule has 4 rings (SSSR count). The molecule has 0 radical (unpaired) electrons. The Kier molecular flexibility index (Phi) is 7.79. The molecule has 0 N–H and O–H groups in total. The molecular formula is C27H30O8S. The maximum Gasteiger partial charge on any atom is 0.306 e. The summed E-state index contributed by atoms with van der Waals surface area (Å²) >= 11 is 0. The molecule has 9 heteroatoms. The van der Waals surface area contributed by atoms with Gasteiger partial charge in [0.05, 0.1) is 32.6 Å². The molecule has 0 unspecified atom stereocenters. The van der Waals surface area contributed by atoms with Crippen molar-refractivity contribution in [2.45, 2.75) is 19.8 Å². The van der Waals surface area contributed by atoms with Crippen molar-refractivity contribution in [3.05, 3.63) is 48.5 Å². The molecule has 0 aliphatic carbocycles. The molecule has 0 saturated heterocycles. The fraction of sp³-hybridized carbons (Fsp3) is 0.333. The van der Waals surface area contributed by atoms with Gasteiger partial charge in [-0.2, -0.15) is 8.42 Å². The number of rotatable bonds is 10. The van der Waals surface area contributed by atoms with Gasteiger partial charge in [-0.1, -0.05) is 31.5 Å². The predicted octanol–water partition coefficient (Wildman–Crippen LogP) is 5.33. The summed E-state index contributed by atoms with van der Waals surface area (Å²) in [7, 11) is -0.408. The van der Waals surface area contributed by atoms with Gasteiger partial charge in [0.1, 0.15) is 24.7 Å². The van der Waals surface area contributed by atoms with Crippen LogP contribution in [0.2, 0.25) is 0 Å². The lowest BCUT2D eigenvalue weighted by atomic mass is 9.95. The van der Waals surface area contributed by atoms with E-state index in [-0.39, 0.29) is 5.75 Å². The van der Waals surface area contributed by atoms with E-state index in [1.54, 1.807) is 38.5 Å². The van der Waals surface area contributed by atoms with E-state index >= 15 is 0 Å². The summed E-state index contributed by atoms with van der Waals surface area (Å²) in [5, 5.41) is 0. The van der Waals surface area contributed by atoms with Crippen molar-refractivity contribution in [3.8, 4) is 56.8 Å². The van der Waals surface area contributed by atoms with E-state index in [2.05, 4.69) is 6.92 Å². The largest absolute Gasteiger partial charge is 0.496 e. The zero-order valence-corrected chi connectivity index (χ0v) is 21.6. The summed E-state index contributed by atoms with van der Waals surface area (Å²) in [6.07, 6.45) is 3.01. The first-order valence-corrected chi connectivity index (χ1v) is 13.5. The highest BCUT2D eigenvalue weighted by Crippen LogP contribution is 2.52. The van der Waals surface area contributed by atoms with E-state index in [0.717, 1.165) is 41.4 Å². The molecule has 1 aliphatic rings. The number of fused-ring (bicyclic) bond motifs is 1. The van der Waals surface area contributed by atoms with E-state index < -0.39 is 10.1 Å². The fourth-order valence-electron chi connectivity index (χ4n) is 3.97. The first-order valence-electron chi connectivity index (χ1n) is 11.7. The van der Waals surface area contributed by atoms with Crippen molar-refractivity contribution in [2.75, 3.05) is 40.3 Å². The molecule has 0 spiro atoms. The first-order chi connectivity index (χ1) is 17.3. The fourth-order valence-corrected chi connectivity index (χ4v) is 4.43. The topological polar surface area (TPSA) is 89.5 Å². The Labute approximate surface area is 211 Å². The smallest absolute Gasteiger partial charge is 0.306 e. The average Bonchev–Trinajstić information content (AvgIpc) is 2.87. The molecular weight excluding hydrogens is 484 g/mol. The molecule has 3 aromatic carbocycles. The van der Waals surface area contributed by atoms with Crippen molar-refractivity contribution >= 4 is 10.1 Å². The molecule has 3 aromatic rings. The Balaban J connectivity index is 1.78. The molecule has 0 amide bonds. The first kappa shape index (κ1) is 25.5. The third-order valence-electron chi connectivity index (χ3n) is 5.62. The Hall–Kier alpha value is -3.59. The normalized spacial score (nSPS) is 12.7. The van der Waals surface area contributed by atoms with Crippen LogP contribution in [0.4, 0.5) is 0 Å². The third kappa shape index (κ3) is 5.62. The highest BCUT2D eigenvalue weighted by Gasteiger charge is 2.27. The molecule has 36 heavy (non-hydrogen) atoms. The molecule has 0 fully saturated rings. The van der Waals surface area contributed by atoms with Crippen LogP contribution in [0.25, 0.3) is 22.3 Å². The molecule has 0 bridgehead atoms. The van der Waals surface area contributed by atoms with Crippen molar-refractivity contribution in [1.29, 1.82) is 0 Å². The molecule has 1 heterocycles. The van der Waals surface area contributed by atoms with Gasteiger partial charge in [0.15, 0.2) is 23.0 Å². The van der Waals surface area contributed by atoms with Crippen LogP contribution < -0.4 is 27.9 Å². The number of benzene rings is 3. The van der Waals surface area contributed by atoms with Crippen molar-refractivity contribution < 1.29 is 36.3 Å². The van der Waals surface area contributed by atoms with E-state index in [9.17, 15) is 8.42 Å². The Morgan fingerprint density at radius 2 is 1.50 bits per heavy atom. The quantitative estimate of drug-likeness (QED) is 0.265. The summed E-state index contributed by atoms with van der Waals surface area (Å²) in [4.78, 5) is 0. The van der Waals surface area contributed by atoms with E-state index in [0.29, 0.717) is 48.6 Å². The maximum atomic E-state index is 11.4. The predicted molar refractivity (Wildman–Crippen MR) is 137 cm³/mol. The monoisotopic (exact) mass is 514 g/mol. The lowest BCUT2D eigenvalue weighted by molar-refractivity contribution is 0.172. The maximum absolute atomic E-state index is 11.4. The summed E-state index contributed by atoms with van der Waals surface area (Å²) in [5.74, 6) is 3.25. The summed E-state index contributed by atoms with van der Waals surface area (Å²) in [6.45, 7) is 3.52. The van der Waals surface area contributed by atoms with Gasteiger partial charge < -0.3 is 27.9 Å². The second kappa shape index (κ2) is 11.0. The SMILES string of the molecule is CCCCOc1ccc(-c2c(OC)cc(-c3ccc(OS(C)(=O)=O)cc3)c3c2OCCO3)cc1OC. The lowest BCUT2D eigenvalue weighted by Gasteiger charge is -2.26. The molecule has 1 aliphatic heterocycles. The Bertz CT molecular complexity index is 1320. The molecule has 0 aromatic heterocycles. The van der Waals surface area contributed by atoms with Gasteiger partial charge in [-0.05, 0) is 47.9 Å². The van der Waals surface area contributed by atoms with Crippen LogP contribution in [0, 0.1) is 0 Å². The number of unbranched alkanes of at least 4 members (excludes halogenated alkanes) is 1. The Morgan fingerprint density at radius 1 is 0.833 bits per heavy atom. The standard InChI is InChI=1S/C27H30O8S/c1-5-6-13-32-22-12-9-19(16-23(22)30-2)25-24(31-3)17-21(26-27(25)34-15-14-33-26)18-7-10-20(11-8-18)35-36(4,28)29/h7-12,16-17H,5-6,13-15H2,1-4H3.